The van der Waals surface area contributed by atoms with Crippen molar-refractivity contribution in [2.24, 2.45) is 0 Å². The monoisotopic (exact) mass is 302 g/mol. The van der Waals surface area contributed by atoms with Crippen LogP contribution in [0.4, 0.5) is 0 Å². The van der Waals surface area contributed by atoms with Crippen LogP contribution in [0.25, 0.3) is 0 Å². The molecule has 0 heterocycles. The van der Waals surface area contributed by atoms with Gasteiger partial charge in [0.2, 0.25) is 0 Å². The topological polar surface area (TPSA) is 44.8 Å². The third-order valence-electron chi connectivity index (χ3n) is 3.01. The molecule has 0 aliphatic rings. The van der Waals surface area contributed by atoms with Gasteiger partial charge in [0.25, 0.3) is 0 Å². The van der Waals surface area contributed by atoms with Crippen molar-refractivity contribution in [2.75, 3.05) is 19.8 Å². The average Bonchev–Trinajstić information content (AvgIpc) is 2.41. The van der Waals surface area contributed by atoms with Crippen LogP contribution in [0.3, 0.4) is 0 Å². The molecule has 0 fully saturated rings. The fraction of sp³-hybridized carbons (Fsp3) is 0.800. The highest BCUT2D eigenvalue weighted by molar-refractivity contribution is 6.67. The van der Waals surface area contributed by atoms with Gasteiger partial charge in [-0.2, -0.15) is 0 Å². The van der Waals surface area contributed by atoms with E-state index in [9.17, 15) is 4.79 Å². The summed E-state index contributed by atoms with van der Waals surface area (Å²) in [5.74, 6) is -0.321. The summed E-state index contributed by atoms with van der Waals surface area (Å²) in [6.07, 6.45) is 3.05. The van der Waals surface area contributed by atoms with Crippen LogP contribution >= 0.6 is 0 Å². The number of unbranched alkanes of at least 4 members (excludes halogenated alkanes) is 1. The van der Waals surface area contributed by atoms with Gasteiger partial charge in [-0.05, 0) is 39.3 Å². The van der Waals surface area contributed by atoms with Crippen molar-refractivity contribution in [2.45, 2.75) is 59.0 Å². The third-order valence-corrected chi connectivity index (χ3v) is 6.87. The molecule has 0 bridgehead atoms. The predicted octanol–water partition coefficient (Wildman–Crippen LogP) is 3.81. The number of esters is 1. The Hall–Kier alpha value is -0.653. The Morgan fingerprint density at radius 3 is 2.05 bits per heavy atom. The van der Waals surface area contributed by atoms with Crippen molar-refractivity contribution in [1.29, 1.82) is 0 Å². The Kier molecular flexibility index (Phi) is 10.7. The first-order valence-corrected chi connectivity index (χ1v) is 9.85. The summed E-state index contributed by atoms with van der Waals surface area (Å²) in [6, 6.07) is 1.89. The highest BCUT2D eigenvalue weighted by Crippen LogP contribution is 2.24. The van der Waals surface area contributed by atoms with Gasteiger partial charge in [-0.25, -0.2) is 4.79 Å². The van der Waals surface area contributed by atoms with E-state index >= 15 is 0 Å². The fourth-order valence-corrected chi connectivity index (χ4v) is 5.60. The first kappa shape index (κ1) is 19.3. The number of carbonyl (C=O) groups is 1. The summed E-state index contributed by atoms with van der Waals surface area (Å²) in [6.45, 7) is 13.2. The lowest BCUT2D eigenvalue weighted by molar-refractivity contribution is -0.138. The van der Waals surface area contributed by atoms with Crippen LogP contribution in [-0.2, 0) is 18.4 Å². The van der Waals surface area contributed by atoms with Gasteiger partial charge < -0.3 is 13.6 Å². The van der Waals surface area contributed by atoms with Gasteiger partial charge in [-0.1, -0.05) is 26.3 Å². The quantitative estimate of drug-likeness (QED) is 0.238. The van der Waals surface area contributed by atoms with E-state index in [0.29, 0.717) is 25.4 Å². The molecule has 118 valence electrons. The molecule has 0 saturated heterocycles. The normalized spacial score (nSPS) is 11.4. The highest BCUT2D eigenvalue weighted by Gasteiger charge is 2.35. The van der Waals surface area contributed by atoms with Crippen molar-refractivity contribution in [3.8, 4) is 0 Å². The molecule has 0 aromatic carbocycles. The number of rotatable bonds is 12. The van der Waals surface area contributed by atoms with E-state index < -0.39 is 8.56 Å². The molecule has 0 unspecified atom stereocenters. The molecule has 5 heteroatoms. The van der Waals surface area contributed by atoms with Crippen molar-refractivity contribution in [3.05, 3.63) is 12.2 Å². The molecule has 0 aromatic rings. The minimum atomic E-state index is -2.13. The third kappa shape index (κ3) is 7.82. The summed E-state index contributed by atoms with van der Waals surface area (Å²) in [5, 5.41) is 0. The van der Waals surface area contributed by atoms with Gasteiger partial charge in [0, 0.05) is 18.8 Å². The van der Waals surface area contributed by atoms with E-state index in [-0.39, 0.29) is 5.97 Å². The minimum Gasteiger partial charge on any atom is -0.462 e. The summed E-state index contributed by atoms with van der Waals surface area (Å²) < 4.78 is 17.1. The largest absolute Gasteiger partial charge is 0.462 e. The summed E-state index contributed by atoms with van der Waals surface area (Å²) >= 11 is 0. The van der Waals surface area contributed by atoms with Crippen molar-refractivity contribution in [1.82, 2.24) is 0 Å². The molecule has 0 aromatic heterocycles. The van der Waals surface area contributed by atoms with E-state index in [4.69, 9.17) is 13.6 Å². The van der Waals surface area contributed by atoms with Gasteiger partial charge >= 0.3 is 14.5 Å². The number of hydrogen-bond acceptors (Lipinski definition) is 4. The number of ether oxygens (including phenoxy) is 1. The molecule has 0 saturated carbocycles. The maximum atomic E-state index is 11.3. The second-order valence-corrected chi connectivity index (χ2v) is 8.30. The second-order valence-electron chi connectivity index (χ2n) is 4.90. The smallest absolute Gasteiger partial charge is 0.338 e. The molecule has 0 aliphatic carbocycles. The van der Waals surface area contributed by atoms with Crippen LogP contribution in [-0.4, -0.2) is 34.4 Å². The Labute approximate surface area is 124 Å². The first-order chi connectivity index (χ1) is 9.51. The molecule has 0 rings (SSSR count). The number of hydrogen-bond donors (Lipinski definition) is 0. The molecule has 20 heavy (non-hydrogen) atoms. The zero-order valence-corrected chi connectivity index (χ0v) is 14.5. The average molecular weight is 302 g/mol. The maximum absolute atomic E-state index is 11.3. The van der Waals surface area contributed by atoms with Crippen LogP contribution in [0.2, 0.25) is 12.1 Å². The molecule has 0 amide bonds. The predicted molar refractivity (Wildman–Crippen MR) is 83.9 cm³/mol. The van der Waals surface area contributed by atoms with Crippen molar-refractivity contribution >= 4 is 14.5 Å². The Balaban J connectivity index is 4.32. The standard InChI is InChI=1S/C15H30O4Si/c1-6-9-12-20(18-7-2,19-8-3)13-10-11-17-15(16)14(4)5/h4,6-13H2,1-3,5H3. The highest BCUT2D eigenvalue weighted by atomic mass is 28.4. The molecule has 0 atom stereocenters. The van der Waals surface area contributed by atoms with Gasteiger partial charge in [0.15, 0.2) is 0 Å². The first-order valence-electron chi connectivity index (χ1n) is 7.61. The zero-order chi connectivity index (χ0) is 15.4. The Morgan fingerprint density at radius 2 is 1.60 bits per heavy atom. The van der Waals surface area contributed by atoms with Crippen LogP contribution in [0, 0.1) is 0 Å². The molecule has 0 radical (unpaired) electrons. The lowest BCUT2D eigenvalue weighted by Gasteiger charge is -2.30. The van der Waals surface area contributed by atoms with Gasteiger partial charge in [-0.3, -0.25) is 0 Å². The maximum Gasteiger partial charge on any atom is 0.338 e. The van der Waals surface area contributed by atoms with E-state index in [2.05, 4.69) is 13.5 Å². The zero-order valence-electron chi connectivity index (χ0n) is 13.5. The van der Waals surface area contributed by atoms with Crippen LogP contribution in [0.15, 0.2) is 12.2 Å². The molecular formula is C15H30O4Si. The lowest BCUT2D eigenvalue weighted by atomic mass is 10.4. The second kappa shape index (κ2) is 11.1. The van der Waals surface area contributed by atoms with Crippen LogP contribution in [0.5, 0.6) is 0 Å². The Bertz CT molecular complexity index is 286. The molecular weight excluding hydrogens is 272 g/mol. The van der Waals surface area contributed by atoms with E-state index in [1.165, 1.54) is 0 Å². The van der Waals surface area contributed by atoms with E-state index in [1.54, 1.807) is 6.92 Å². The summed E-state index contributed by atoms with van der Waals surface area (Å²) in [7, 11) is -2.13. The molecule has 4 nitrogen and oxygen atoms in total. The Morgan fingerprint density at radius 1 is 1.05 bits per heavy atom. The molecule has 0 N–H and O–H groups in total. The van der Waals surface area contributed by atoms with Gasteiger partial charge in [-0.15, -0.1) is 0 Å². The van der Waals surface area contributed by atoms with Gasteiger partial charge in [0.05, 0.1) is 6.61 Å². The fourth-order valence-electron chi connectivity index (χ4n) is 2.06. The van der Waals surface area contributed by atoms with Gasteiger partial charge in [0.1, 0.15) is 0 Å². The summed E-state index contributed by atoms with van der Waals surface area (Å²) in [5.41, 5.74) is 0.439. The van der Waals surface area contributed by atoms with Crippen LogP contribution < -0.4 is 0 Å². The summed E-state index contributed by atoms with van der Waals surface area (Å²) in [4.78, 5) is 11.3. The van der Waals surface area contributed by atoms with Crippen LogP contribution in [0.1, 0.15) is 47.0 Å². The van der Waals surface area contributed by atoms with E-state index in [1.807, 2.05) is 13.8 Å². The number of carbonyl (C=O) groups excluding carboxylic acids is 1. The van der Waals surface area contributed by atoms with E-state index in [0.717, 1.165) is 31.4 Å². The molecule has 0 spiro atoms. The SMILES string of the molecule is C=C(C)C(=O)OCCC[Si](CCCC)(OCC)OCC. The van der Waals surface area contributed by atoms with Crippen molar-refractivity contribution in [3.63, 3.8) is 0 Å². The minimum absolute atomic E-state index is 0.321. The molecule has 0 aliphatic heterocycles. The van der Waals surface area contributed by atoms with Crippen molar-refractivity contribution < 1.29 is 18.4 Å². The lowest BCUT2D eigenvalue weighted by Crippen LogP contribution is -2.42.